The number of hydrazine groups is 1. The van der Waals surface area contributed by atoms with Gasteiger partial charge < -0.3 is 19.6 Å². The number of hydrogen-bond donors (Lipinski definition) is 2. The predicted molar refractivity (Wildman–Crippen MR) is 60.6 cm³/mol. The molecule has 0 aliphatic heterocycles. The molecule has 0 radical (unpaired) electrons. The highest BCUT2D eigenvalue weighted by Crippen LogP contribution is 2.23. The van der Waals surface area contributed by atoms with Crippen LogP contribution in [0.5, 0.6) is 0 Å². The molecular formula is C11H13N3O2. The first kappa shape index (κ1) is 10.4. The molecule has 84 valence electrons. The van der Waals surface area contributed by atoms with Gasteiger partial charge in [-0.2, -0.15) is 0 Å². The number of hydrogen-bond acceptors (Lipinski definition) is 5. The van der Waals surface area contributed by atoms with Gasteiger partial charge in [-0.05, 0) is 12.1 Å². The van der Waals surface area contributed by atoms with Gasteiger partial charge in [0.05, 0.1) is 30.5 Å². The van der Waals surface area contributed by atoms with Gasteiger partial charge >= 0.3 is 0 Å². The Labute approximate surface area is 92.9 Å². The van der Waals surface area contributed by atoms with Gasteiger partial charge in [0.15, 0.2) is 5.76 Å². The number of furan rings is 2. The number of nitrogen functional groups attached to an aromatic ring is 1. The van der Waals surface area contributed by atoms with Crippen LogP contribution in [0.3, 0.4) is 0 Å². The van der Waals surface area contributed by atoms with E-state index >= 15 is 0 Å². The van der Waals surface area contributed by atoms with Gasteiger partial charge in [0.25, 0.3) is 0 Å². The summed E-state index contributed by atoms with van der Waals surface area (Å²) in [6, 6.07) is 5.28. The van der Waals surface area contributed by atoms with Crippen LogP contribution in [0.1, 0.15) is 11.5 Å². The van der Waals surface area contributed by atoms with Crippen molar-refractivity contribution in [2.24, 2.45) is 5.84 Å². The first-order valence-electron chi connectivity index (χ1n) is 4.75. The Bertz CT molecular complexity index is 473. The van der Waals surface area contributed by atoms with Gasteiger partial charge in [-0.1, -0.05) is 6.58 Å². The Morgan fingerprint density at radius 3 is 2.69 bits per heavy atom. The fourth-order valence-corrected chi connectivity index (χ4v) is 1.35. The van der Waals surface area contributed by atoms with Crippen LogP contribution in [0.15, 0.2) is 46.1 Å². The Hall–Kier alpha value is -2.14. The van der Waals surface area contributed by atoms with Crippen molar-refractivity contribution in [3.05, 3.63) is 48.8 Å². The second-order valence-electron chi connectivity index (χ2n) is 3.36. The molecule has 0 fully saturated rings. The van der Waals surface area contributed by atoms with E-state index in [9.17, 15) is 0 Å². The highest BCUT2D eigenvalue weighted by atomic mass is 16.3. The highest BCUT2D eigenvalue weighted by Gasteiger charge is 2.13. The fraction of sp³-hybridized carbons (Fsp3) is 0.0909. The average Bonchev–Trinajstić information content (AvgIpc) is 2.88. The van der Waals surface area contributed by atoms with E-state index in [1.165, 1.54) is 11.3 Å². The lowest BCUT2D eigenvalue weighted by molar-refractivity contribution is 0.349. The molecule has 5 nitrogen and oxygen atoms in total. The lowest BCUT2D eigenvalue weighted by Gasteiger charge is -2.18. The third-order valence-corrected chi connectivity index (χ3v) is 2.21. The Balaban J connectivity index is 2.08. The molecule has 2 aromatic heterocycles. The van der Waals surface area contributed by atoms with Gasteiger partial charge in [0, 0.05) is 6.07 Å². The number of nitrogens with zero attached hydrogens (tertiary/aromatic N) is 1. The minimum atomic E-state index is 0.409. The minimum absolute atomic E-state index is 0.409. The Morgan fingerprint density at radius 1 is 1.31 bits per heavy atom. The Kier molecular flexibility index (Phi) is 2.70. The van der Waals surface area contributed by atoms with E-state index in [0.717, 1.165) is 5.76 Å². The number of nitrogens with two attached hydrogens (primary N) is 2. The zero-order valence-electron chi connectivity index (χ0n) is 8.72. The second kappa shape index (κ2) is 4.16. The quantitative estimate of drug-likeness (QED) is 0.605. The summed E-state index contributed by atoms with van der Waals surface area (Å²) >= 11 is 0. The smallest absolute Gasteiger partial charge is 0.173 e. The zero-order chi connectivity index (χ0) is 11.5. The van der Waals surface area contributed by atoms with Crippen molar-refractivity contribution < 1.29 is 8.83 Å². The molecule has 2 aromatic rings. The van der Waals surface area contributed by atoms with E-state index in [1.807, 2.05) is 6.07 Å². The van der Waals surface area contributed by atoms with E-state index < -0.39 is 0 Å². The molecule has 0 saturated carbocycles. The van der Waals surface area contributed by atoms with Gasteiger partial charge in [-0.25, -0.2) is 5.84 Å². The third kappa shape index (κ3) is 1.94. The van der Waals surface area contributed by atoms with Gasteiger partial charge in [-0.15, -0.1) is 0 Å². The van der Waals surface area contributed by atoms with Crippen LogP contribution in [0.4, 0.5) is 5.69 Å². The molecule has 0 bridgehead atoms. The molecule has 0 spiro atoms. The normalized spacial score (nSPS) is 10.3. The van der Waals surface area contributed by atoms with Gasteiger partial charge in [-0.3, -0.25) is 0 Å². The molecule has 0 aliphatic carbocycles. The van der Waals surface area contributed by atoms with E-state index in [4.69, 9.17) is 20.4 Å². The summed E-state index contributed by atoms with van der Waals surface area (Å²) in [5.74, 6) is 7.05. The van der Waals surface area contributed by atoms with Crippen molar-refractivity contribution in [2.45, 2.75) is 6.54 Å². The maximum absolute atomic E-state index is 5.83. The molecule has 4 N–H and O–H groups in total. The van der Waals surface area contributed by atoms with Crippen molar-refractivity contribution in [2.75, 3.05) is 5.73 Å². The zero-order valence-corrected chi connectivity index (χ0v) is 8.72. The van der Waals surface area contributed by atoms with Crippen LogP contribution in [-0.4, -0.2) is 5.01 Å². The molecule has 2 rings (SSSR count). The van der Waals surface area contributed by atoms with Crippen molar-refractivity contribution >= 4 is 11.4 Å². The maximum Gasteiger partial charge on any atom is 0.173 e. The second-order valence-corrected chi connectivity index (χ2v) is 3.36. The summed E-state index contributed by atoms with van der Waals surface area (Å²) in [7, 11) is 0. The van der Waals surface area contributed by atoms with Crippen LogP contribution in [0, 0.1) is 0 Å². The largest absolute Gasteiger partial charge is 0.467 e. The third-order valence-electron chi connectivity index (χ3n) is 2.21. The summed E-state index contributed by atoms with van der Waals surface area (Å²) in [4.78, 5) is 0. The van der Waals surface area contributed by atoms with E-state index in [2.05, 4.69) is 6.58 Å². The van der Waals surface area contributed by atoms with Crippen LogP contribution in [-0.2, 0) is 6.54 Å². The molecule has 5 heteroatoms. The van der Waals surface area contributed by atoms with Crippen molar-refractivity contribution in [1.29, 1.82) is 0 Å². The average molecular weight is 219 g/mol. The summed E-state index contributed by atoms with van der Waals surface area (Å²) < 4.78 is 10.4. The lowest BCUT2D eigenvalue weighted by atomic mass is 10.3. The molecule has 0 aromatic carbocycles. The summed E-state index contributed by atoms with van der Waals surface area (Å²) in [6.45, 7) is 4.23. The van der Waals surface area contributed by atoms with E-state index in [-0.39, 0.29) is 0 Å². The van der Waals surface area contributed by atoms with Crippen molar-refractivity contribution in [3.63, 3.8) is 0 Å². The van der Waals surface area contributed by atoms with Crippen LogP contribution in [0.2, 0.25) is 0 Å². The fourth-order valence-electron chi connectivity index (χ4n) is 1.35. The Morgan fingerprint density at radius 2 is 2.12 bits per heavy atom. The van der Waals surface area contributed by atoms with Crippen LogP contribution >= 0.6 is 0 Å². The topological polar surface area (TPSA) is 81.6 Å². The standard InChI is InChI=1S/C11H13N3O2/c1-8(11-10(12)4-6-16-11)14(13)7-9-3-2-5-15-9/h2-6H,1,7,12-13H2. The van der Waals surface area contributed by atoms with Gasteiger partial charge in [0.2, 0.25) is 0 Å². The van der Waals surface area contributed by atoms with Crippen LogP contribution < -0.4 is 11.6 Å². The summed E-state index contributed by atoms with van der Waals surface area (Å²) in [5.41, 5.74) is 6.72. The van der Waals surface area contributed by atoms with Crippen molar-refractivity contribution in [1.82, 2.24) is 5.01 Å². The summed E-state index contributed by atoms with van der Waals surface area (Å²) in [6.07, 6.45) is 3.09. The van der Waals surface area contributed by atoms with Crippen LogP contribution in [0.25, 0.3) is 5.70 Å². The van der Waals surface area contributed by atoms with Crippen molar-refractivity contribution in [3.8, 4) is 0 Å². The van der Waals surface area contributed by atoms with E-state index in [1.54, 1.807) is 18.4 Å². The SMILES string of the molecule is C=C(c1occc1N)N(N)Cc1ccco1. The minimum Gasteiger partial charge on any atom is -0.467 e. The summed E-state index contributed by atoms with van der Waals surface area (Å²) in [5, 5.41) is 1.42. The molecule has 2 heterocycles. The molecular weight excluding hydrogens is 206 g/mol. The molecule has 0 aliphatic rings. The molecule has 0 atom stereocenters. The first-order valence-corrected chi connectivity index (χ1v) is 4.75. The lowest BCUT2D eigenvalue weighted by Crippen LogP contribution is -2.28. The monoisotopic (exact) mass is 219 g/mol. The molecule has 16 heavy (non-hydrogen) atoms. The molecule has 0 unspecified atom stereocenters. The molecule has 0 amide bonds. The number of anilines is 1. The maximum atomic E-state index is 5.83. The van der Waals surface area contributed by atoms with E-state index in [0.29, 0.717) is 23.7 Å². The predicted octanol–water partition coefficient (Wildman–Crippen LogP) is 1.80. The first-order chi connectivity index (χ1) is 7.68. The molecule has 0 saturated heterocycles. The van der Waals surface area contributed by atoms with Gasteiger partial charge in [0.1, 0.15) is 5.76 Å². The number of rotatable bonds is 4. The highest BCUT2D eigenvalue weighted by molar-refractivity contribution is 5.67.